The van der Waals surface area contributed by atoms with E-state index in [4.69, 9.17) is 9.47 Å². The summed E-state index contributed by atoms with van der Waals surface area (Å²) in [6, 6.07) is 5.58. The van der Waals surface area contributed by atoms with Gasteiger partial charge in [-0.2, -0.15) is 0 Å². The van der Waals surface area contributed by atoms with Gasteiger partial charge in [-0.15, -0.1) is 0 Å². The van der Waals surface area contributed by atoms with E-state index in [1.165, 1.54) is 0 Å². The van der Waals surface area contributed by atoms with Crippen molar-refractivity contribution in [3.8, 4) is 5.75 Å². The topological polar surface area (TPSA) is 35.5 Å². The molecule has 1 fully saturated rings. The molecule has 2 unspecified atom stereocenters. The Bertz CT molecular complexity index is 425. The van der Waals surface area contributed by atoms with Crippen molar-refractivity contribution in [3.05, 3.63) is 29.3 Å². The van der Waals surface area contributed by atoms with Gasteiger partial charge in [0.15, 0.2) is 5.78 Å². The minimum absolute atomic E-state index is 0.00194. The lowest BCUT2D eigenvalue weighted by molar-refractivity contribution is 0.0764. The lowest BCUT2D eigenvalue weighted by atomic mass is 9.90. The van der Waals surface area contributed by atoms with Gasteiger partial charge in [0.2, 0.25) is 0 Å². The molecule has 3 nitrogen and oxygen atoms in total. The molecule has 0 radical (unpaired) electrons. The summed E-state index contributed by atoms with van der Waals surface area (Å²) in [6.07, 6.45) is 0.856. The zero-order valence-corrected chi connectivity index (χ0v) is 10.5. The second-order valence-corrected chi connectivity index (χ2v) is 4.52. The fourth-order valence-corrected chi connectivity index (χ4v) is 2.32. The lowest BCUT2D eigenvalue weighted by Gasteiger charge is -2.14. The predicted octanol–water partition coefficient (Wildman–Crippen LogP) is 2.61. The Morgan fingerprint density at radius 1 is 1.47 bits per heavy atom. The molecule has 0 spiro atoms. The number of rotatable bonds is 3. The largest absolute Gasteiger partial charge is 0.497 e. The third-order valence-electron chi connectivity index (χ3n) is 3.41. The maximum absolute atomic E-state index is 12.4. The second-order valence-electron chi connectivity index (χ2n) is 4.52. The Hall–Kier alpha value is -1.35. The van der Waals surface area contributed by atoms with Gasteiger partial charge in [0, 0.05) is 12.2 Å². The summed E-state index contributed by atoms with van der Waals surface area (Å²) in [7, 11) is 1.63. The predicted molar refractivity (Wildman–Crippen MR) is 65.6 cm³/mol. The first kappa shape index (κ1) is 12.1. The Morgan fingerprint density at radius 2 is 2.24 bits per heavy atom. The molecule has 2 atom stereocenters. The van der Waals surface area contributed by atoms with Crippen molar-refractivity contribution in [3.63, 3.8) is 0 Å². The number of ether oxygens (including phenoxy) is 2. The van der Waals surface area contributed by atoms with Crippen LogP contribution in [0.1, 0.15) is 29.3 Å². The quantitative estimate of drug-likeness (QED) is 0.754. The number of Topliss-reactive ketones (excluding diaryl/α,β-unsaturated/α-hetero) is 1. The Morgan fingerprint density at radius 3 is 2.76 bits per heavy atom. The van der Waals surface area contributed by atoms with Gasteiger partial charge in [-0.3, -0.25) is 4.79 Å². The van der Waals surface area contributed by atoms with E-state index in [0.717, 1.165) is 23.3 Å². The van der Waals surface area contributed by atoms with Gasteiger partial charge in [0.25, 0.3) is 0 Å². The maximum atomic E-state index is 12.4. The van der Waals surface area contributed by atoms with E-state index in [1.807, 2.05) is 32.0 Å². The van der Waals surface area contributed by atoms with Gasteiger partial charge in [-0.1, -0.05) is 0 Å². The molecule has 1 saturated heterocycles. The van der Waals surface area contributed by atoms with Gasteiger partial charge >= 0.3 is 0 Å². The van der Waals surface area contributed by atoms with Crippen LogP contribution in [-0.2, 0) is 4.74 Å². The van der Waals surface area contributed by atoms with E-state index in [9.17, 15) is 4.79 Å². The van der Waals surface area contributed by atoms with Gasteiger partial charge in [0.1, 0.15) is 5.75 Å². The van der Waals surface area contributed by atoms with Crippen LogP contribution in [0.3, 0.4) is 0 Å². The molecular weight excluding hydrogens is 216 g/mol. The molecule has 1 heterocycles. The van der Waals surface area contributed by atoms with Crippen molar-refractivity contribution in [2.24, 2.45) is 5.92 Å². The van der Waals surface area contributed by atoms with Crippen LogP contribution in [0, 0.1) is 12.8 Å². The van der Waals surface area contributed by atoms with Gasteiger partial charge < -0.3 is 9.47 Å². The monoisotopic (exact) mass is 234 g/mol. The highest BCUT2D eigenvalue weighted by Crippen LogP contribution is 2.27. The Balaban J connectivity index is 2.25. The molecule has 3 heteroatoms. The van der Waals surface area contributed by atoms with Crippen LogP contribution in [0.25, 0.3) is 0 Å². The number of hydrogen-bond acceptors (Lipinski definition) is 3. The summed E-state index contributed by atoms with van der Waals surface area (Å²) < 4.78 is 10.6. The maximum Gasteiger partial charge on any atom is 0.168 e. The molecule has 0 amide bonds. The molecule has 92 valence electrons. The van der Waals surface area contributed by atoms with Crippen LogP contribution in [-0.4, -0.2) is 25.6 Å². The molecule has 0 N–H and O–H groups in total. The first-order valence-electron chi connectivity index (χ1n) is 5.94. The standard InChI is InChI=1S/C14H18O3/c1-9-8-11(16-3)4-5-12(9)14(15)13-6-7-17-10(13)2/h4-5,8,10,13H,6-7H2,1-3H3. The SMILES string of the molecule is COc1ccc(C(=O)C2CCOC2C)c(C)c1. The van der Waals surface area contributed by atoms with Crippen LogP contribution in [0.2, 0.25) is 0 Å². The van der Waals surface area contributed by atoms with E-state index in [1.54, 1.807) is 7.11 Å². The minimum atomic E-state index is 0.00194. The van der Waals surface area contributed by atoms with Crippen molar-refractivity contribution >= 4 is 5.78 Å². The molecule has 17 heavy (non-hydrogen) atoms. The van der Waals surface area contributed by atoms with Crippen molar-refractivity contribution in [1.82, 2.24) is 0 Å². The normalized spacial score (nSPS) is 23.7. The molecule has 0 aromatic heterocycles. The van der Waals surface area contributed by atoms with Crippen molar-refractivity contribution in [1.29, 1.82) is 0 Å². The van der Waals surface area contributed by atoms with E-state index < -0.39 is 0 Å². The fraction of sp³-hybridized carbons (Fsp3) is 0.500. The number of benzene rings is 1. The van der Waals surface area contributed by atoms with E-state index in [0.29, 0.717) is 6.61 Å². The molecular formula is C14H18O3. The highest BCUT2D eigenvalue weighted by Gasteiger charge is 2.31. The number of ketones is 1. The Kier molecular flexibility index (Phi) is 3.48. The molecule has 0 saturated carbocycles. The second kappa shape index (κ2) is 4.88. The van der Waals surface area contributed by atoms with Gasteiger partial charge in [-0.05, 0) is 44.0 Å². The highest BCUT2D eigenvalue weighted by molar-refractivity contribution is 5.99. The number of aryl methyl sites for hydroxylation is 1. The highest BCUT2D eigenvalue weighted by atomic mass is 16.5. The zero-order valence-electron chi connectivity index (χ0n) is 10.5. The molecule has 1 aliphatic rings. The summed E-state index contributed by atoms with van der Waals surface area (Å²) in [5, 5.41) is 0. The fourth-order valence-electron chi connectivity index (χ4n) is 2.32. The number of methoxy groups -OCH3 is 1. The molecule has 2 rings (SSSR count). The Labute approximate surface area is 102 Å². The molecule has 0 aliphatic carbocycles. The summed E-state index contributed by atoms with van der Waals surface area (Å²) in [5.41, 5.74) is 1.75. The third kappa shape index (κ3) is 2.34. The minimum Gasteiger partial charge on any atom is -0.497 e. The summed E-state index contributed by atoms with van der Waals surface area (Å²) in [5.74, 6) is 0.979. The van der Waals surface area contributed by atoms with Crippen LogP contribution in [0.4, 0.5) is 0 Å². The smallest absolute Gasteiger partial charge is 0.168 e. The molecule has 1 aromatic carbocycles. The molecule has 1 aliphatic heterocycles. The van der Waals surface area contributed by atoms with Gasteiger partial charge in [0.05, 0.1) is 19.1 Å². The average molecular weight is 234 g/mol. The molecule has 1 aromatic rings. The van der Waals surface area contributed by atoms with Crippen LogP contribution >= 0.6 is 0 Å². The first-order chi connectivity index (χ1) is 8.13. The van der Waals surface area contributed by atoms with Crippen molar-refractivity contribution in [2.75, 3.05) is 13.7 Å². The number of carbonyl (C=O) groups is 1. The van der Waals surface area contributed by atoms with Crippen molar-refractivity contribution in [2.45, 2.75) is 26.4 Å². The van der Waals surface area contributed by atoms with Crippen LogP contribution < -0.4 is 4.74 Å². The lowest BCUT2D eigenvalue weighted by Crippen LogP contribution is -2.22. The summed E-state index contributed by atoms with van der Waals surface area (Å²) in [6.45, 7) is 4.59. The van der Waals surface area contributed by atoms with E-state index in [-0.39, 0.29) is 17.8 Å². The average Bonchev–Trinajstić information content (AvgIpc) is 2.74. The summed E-state index contributed by atoms with van der Waals surface area (Å²) >= 11 is 0. The van der Waals surface area contributed by atoms with Crippen LogP contribution in [0.15, 0.2) is 18.2 Å². The first-order valence-corrected chi connectivity index (χ1v) is 5.94. The molecule has 0 bridgehead atoms. The van der Waals surface area contributed by atoms with E-state index in [2.05, 4.69) is 0 Å². The third-order valence-corrected chi connectivity index (χ3v) is 3.41. The number of hydrogen-bond donors (Lipinski definition) is 0. The van der Waals surface area contributed by atoms with E-state index >= 15 is 0 Å². The zero-order chi connectivity index (χ0) is 12.4. The number of carbonyl (C=O) groups excluding carboxylic acids is 1. The van der Waals surface area contributed by atoms with Crippen LogP contribution in [0.5, 0.6) is 5.75 Å². The van der Waals surface area contributed by atoms with Crippen molar-refractivity contribution < 1.29 is 14.3 Å². The summed E-state index contributed by atoms with van der Waals surface area (Å²) in [4.78, 5) is 12.4. The van der Waals surface area contributed by atoms with Gasteiger partial charge in [-0.25, -0.2) is 0 Å².